The Kier molecular flexibility index (Phi) is 1.30. The van der Waals surface area contributed by atoms with E-state index in [-0.39, 0.29) is 0 Å². The minimum atomic E-state index is -0.546. The van der Waals surface area contributed by atoms with E-state index >= 15 is 0 Å². The zero-order chi connectivity index (χ0) is 5.33. The molecule has 1 heterocycles. The molecule has 7 heavy (non-hydrogen) atoms. The van der Waals surface area contributed by atoms with Gasteiger partial charge in [-0.2, -0.15) is 0 Å². The summed E-state index contributed by atoms with van der Waals surface area (Å²) in [7, 11) is -0.546. The molecular weight excluding hydrogens is 108 g/mol. The largest absolute Gasteiger partial charge is 0.337 e. The first-order chi connectivity index (χ1) is 3.21. The van der Waals surface area contributed by atoms with Crippen molar-refractivity contribution in [2.75, 3.05) is 24.9 Å². The van der Waals surface area contributed by atoms with E-state index in [2.05, 4.69) is 12.5 Å². The maximum Gasteiger partial charge on any atom is 0.0600 e. The Morgan fingerprint density at radius 3 is 2.29 bits per heavy atom. The van der Waals surface area contributed by atoms with Gasteiger partial charge in [-0.1, -0.05) is 0 Å². The van der Waals surface area contributed by atoms with Crippen molar-refractivity contribution in [1.82, 2.24) is 0 Å². The summed E-state index contributed by atoms with van der Waals surface area (Å²) in [5.74, 6) is 1.31. The summed E-state index contributed by atoms with van der Waals surface area (Å²) in [6.45, 7) is 1.00. The lowest BCUT2D eigenvalue weighted by atomic mass is 10.5. The molecule has 1 saturated heterocycles. The molecule has 1 fully saturated rings. The Bertz CT molecular complexity index is 62.5. The second kappa shape index (κ2) is 1.67. The summed E-state index contributed by atoms with van der Waals surface area (Å²) < 4.78 is 5.42. The molecule has 0 aromatic rings. The molecule has 0 atom stereocenters. The smallest absolute Gasteiger partial charge is 0.0600 e. The van der Waals surface area contributed by atoms with Crippen LogP contribution in [0.25, 0.3) is 0 Å². The van der Waals surface area contributed by atoms with Gasteiger partial charge in [0, 0.05) is 5.75 Å². The van der Waals surface area contributed by atoms with Crippen molar-refractivity contribution in [3.8, 4) is 0 Å². The van der Waals surface area contributed by atoms with E-state index in [0.717, 1.165) is 6.61 Å². The van der Waals surface area contributed by atoms with Crippen LogP contribution in [-0.2, 0) is 4.18 Å². The highest BCUT2D eigenvalue weighted by Gasteiger charge is 2.17. The summed E-state index contributed by atoms with van der Waals surface area (Å²) in [5.41, 5.74) is 0. The minimum Gasteiger partial charge on any atom is -0.337 e. The van der Waals surface area contributed by atoms with Crippen molar-refractivity contribution in [2.24, 2.45) is 0 Å². The van der Waals surface area contributed by atoms with Crippen molar-refractivity contribution in [2.45, 2.75) is 6.42 Å². The highest BCUT2D eigenvalue weighted by molar-refractivity contribution is 8.28. The van der Waals surface area contributed by atoms with Gasteiger partial charge in [-0.3, -0.25) is 0 Å². The summed E-state index contributed by atoms with van der Waals surface area (Å²) in [4.78, 5) is 0. The highest BCUT2D eigenvalue weighted by Crippen LogP contribution is 2.45. The molecule has 0 aromatic carbocycles. The molecule has 0 spiro atoms. The third kappa shape index (κ3) is 1.35. The molecule has 0 aliphatic carbocycles. The van der Waals surface area contributed by atoms with E-state index in [1.807, 2.05) is 0 Å². The maximum absolute atomic E-state index is 5.42. The van der Waals surface area contributed by atoms with Gasteiger partial charge in [-0.05, 0) is 18.9 Å². The van der Waals surface area contributed by atoms with Gasteiger partial charge in [-0.25, -0.2) is 0 Å². The van der Waals surface area contributed by atoms with Crippen molar-refractivity contribution < 1.29 is 4.18 Å². The lowest BCUT2D eigenvalue weighted by Gasteiger charge is -2.21. The fourth-order valence-corrected chi connectivity index (χ4v) is 2.25. The highest BCUT2D eigenvalue weighted by atomic mass is 32.3. The lowest BCUT2D eigenvalue weighted by molar-refractivity contribution is 0.393. The van der Waals surface area contributed by atoms with E-state index < -0.39 is 10.3 Å². The van der Waals surface area contributed by atoms with Crippen LogP contribution in [0.2, 0.25) is 0 Å². The monoisotopic (exact) mass is 120 g/mol. The molecule has 1 aliphatic rings. The fourth-order valence-electron chi connectivity index (χ4n) is 0.750. The van der Waals surface area contributed by atoms with Gasteiger partial charge >= 0.3 is 0 Å². The van der Waals surface area contributed by atoms with Crippen LogP contribution >= 0.6 is 10.3 Å². The van der Waals surface area contributed by atoms with Crippen LogP contribution in [0.5, 0.6) is 0 Å². The van der Waals surface area contributed by atoms with Gasteiger partial charge < -0.3 is 4.18 Å². The van der Waals surface area contributed by atoms with Crippen molar-refractivity contribution in [3.63, 3.8) is 0 Å². The van der Waals surface area contributed by atoms with Gasteiger partial charge in [-0.15, -0.1) is 10.3 Å². The van der Waals surface area contributed by atoms with Gasteiger partial charge in [0.2, 0.25) is 0 Å². The molecule has 44 valence electrons. The van der Waals surface area contributed by atoms with Crippen LogP contribution in [0.4, 0.5) is 0 Å². The summed E-state index contributed by atoms with van der Waals surface area (Å²) in [5, 5.41) is 0. The molecule has 0 saturated carbocycles. The molecule has 0 N–H and O–H groups in total. The summed E-state index contributed by atoms with van der Waals surface area (Å²) >= 11 is 0. The SMILES string of the molecule is CS1(C)CCCO1. The summed E-state index contributed by atoms with van der Waals surface area (Å²) in [6, 6.07) is 0. The van der Waals surface area contributed by atoms with Crippen LogP contribution < -0.4 is 0 Å². The number of rotatable bonds is 0. The molecular formula is C5H12OS. The third-order valence-corrected chi connectivity index (χ3v) is 3.26. The lowest BCUT2D eigenvalue weighted by Crippen LogP contribution is -1.92. The fraction of sp³-hybridized carbons (Fsp3) is 1.00. The van der Waals surface area contributed by atoms with E-state index in [1.54, 1.807) is 0 Å². The third-order valence-electron chi connectivity index (χ3n) is 1.18. The maximum atomic E-state index is 5.42. The molecule has 1 rings (SSSR count). The van der Waals surface area contributed by atoms with Gasteiger partial charge in [0.15, 0.2) is 0 Å². The number of hydrogen-bond acceptors (Lipinski definition) is 1. The molecule has 1 nitrogen and oxygen atoms in total. The Morgan fingerprint density at radius 1 is 1.43 bits per heavy atom. The van der Waals surface area contributed by atoms with Gasteiger partial charge in [0.25, 0.3) is 0 Å². The van der Waals surface area contributed by atoms with Gasteiger partial charge in [0.05, 0.1) is 6.61 Å². The Labute approximate surface area is 46.6 Å². The van der Waals surface area contributed by atoms with E-state index in [4.69, 9.17) is 4.18 Å². The van der Waals surface area contributed by atoms with Gasteiger partial charge in [0.1, 0.15) is 0 Å². The molecule has 0 aromatic heterocycles. The topological polar surface area (TPSA) is 9.23 Å². The molecule has 0 radical (unpaired) electrons. The van der Waals surface area contributed by atoms with Crippen molar-refractivity contribution in [1.29, 1.82) is 0 Å². The predicted molar refractivity (Wildman–Crippen MR) is 34.9 cm³/mol. The van der Waals surface area contributed by atoms with Crippen molar-refractivity contribution >= 4 is 10.3 Å². The zero-order valence-electron chi connectivity index (χ0n) is 4.94. The molecule has 0 unspecified atom stereocenters. The predicted octanol–water partition coefficient (Wildman–Crippen LogP) is 1.39. The normalized spacial score (nSPS) is 32.9. The standard InChI is InChI=1S/C5H12OS/c1-7(2)5-3-4-6-7/h3-5H2,1-2H3. The first-order valence-corrected chi connectivity index (χ1v) is 5.10. The minimum absolute atomic E-state index is 0.546. The van der Waals surface area contributed by atoms with E-state index in [9.17, 15) is 0 Å². The average Bonchev–Trinajstić information content (AvgIpc) is 1.84. The van der Waals surface area contributed by atoms with E-state index in [0.29, 0.717) is 0 Å². The number of hydrogen-bond donors (Lipinski definition) is 0. The first-order valence-electron chi connectivity index (χ1n) is 2.56. The molecule has 0 bridgehead atoms. The molecule has 1 aliphatic heterocycles. The quantitative estimate of drug-likeness (QED) is 0.469. The second-order valence-electron chi connectivity index (χ2n) is 2.32. The summed E-state index contributed by atoms with van der Waals surface area (Å²) in [6.07, 6.45) is 5.72. The average molecular weight is 120 g/mol. The Balaban J connectivity index is 2.40. The van der Waals surface area contributed by atoms with Crippen molar-refractivity contribution in [3.05, 3.63) is 0 Å². The molecule has 2 heteroatoms. The Morgan fingerprint density at radius 2 is 2.14 bits per heavy atom. The Hall–Kier alpha value is 0.310. The first kappa shape index (κ1) is 5.45. The van der Waals surface area contributed by atoms with E-state index in [1.165, 1.54) is 12.2 Å². The zero-order valence-corrected chi connectivity index (χ0v) is 5.75. The second-order valence-corrected chi connectivity index (χ2v) is 5.83. The molecule has 0 amide bonds. The van der Waals surface area contributed by atoms with Crippen LogP contribution in [-0.4, -0.2) is 24.9 Å². The van der Waals surface area contributed by atoms with Crippen LogP contribution in [0.1, 0.15) is 6.42 Å². The van der Waals surface area contributed by atoms with Crippen LogP contribution in [0, 0.1) is 0 Å². The van der Waals surface area contributed by atoms with Crippen LogP contribution in [0.15, 0.2) is 0 Å². The van der Waals surface area contributed by atoms with Crippen LogP contribution in [0.3, 0.4) is 0 Å².